The van der Waals surface area contributed by atoms with Gasteiger partial charge in [-0.3, -0.25) is 4.98 Å². The van der Waals surface area contributed by atoms with Crippen LogP contribution in [0.5, 0.6) is 0 Å². The fourth-order valence-electron chi connectivity index (χ4n) is 2.16. The summed E-state index contributed by atoms with van der Waals surface area (Å²) in [5.41, 5.74) is 10.00. The third-order valence-corrected chi connectivity index (χ3v) is 3.67. The van der Waals surface area contributed by atoms with Crippen molar-refractivity contribution in [1.82, 2.24) is 4.98 Å². The number of rotatable bonds is 7. The maximum atomic E-state index is 12.0. The van der Waals surface area contributed by atoms with E-state index in [1.54, 1.807) is 12.4 Å². The molecule has 6 heteroatoms. The smallest absolute Gasteiger partial charge is 0.323 e. The quantitative estimate of drug-likeness (QED) is 0.600. The summed E-state index contributed by atoms with van der Waals surface area (Å²) in [7, 11) is 0. The van der Waals surface area contributed by atoms with Crippen molar-refractivity contribution in [3.8, 4) is 0 Å². The average Bonchev–Trinajstić information content (AvgIpc) is 2.61. The van der Waals surface area contributed by atoms with Crippen LogP contribution in [0, 0.1) is 6.92 Å². The van der Waals surface area contributed by atoms with Gasteiger partial charge in [0.25, 0.3) is 0 Å². The van der Waals surface area contributed by atoms with Crippen molar-refractivity contribution in [2.75, 3.05) is 16.0 Å². The van der Waals surface area contributed by atoms with Crippen LogP contribution in [0.2, 0.25) is 0 Å². The monoisotopic (exact) mass is 339 g/mol. The van der Waals surface area contributed by atoms with Gasteiger partial charge >= 0.3 is 6.03 Å². The van der Waals surface area contributed by atoms with Crippen LogP contribution < -0.4 is 21.7 Å². The van der Waals surface area contributed by atoms with E-state index in [0.29, 0.717) is 11.4 Å². The summed E-state index contributed by atoms with van der Waals surface area (Å²) < 4.78 is 0. The van der Waals surface area contributed by atoms with E-state index in [4.69, 9.17) is 5.73 Å². The van der Waals surface area contributed by atoms with Crippen molar-refractivity contribution in [3.63, 3.8) is 0 Å². The summed E-state index contributed by atoms with van der Waals surface area (Å²) in [6, 6.07) is 8.96. The molecule has 2 rings (SSSR count). The molecule has 0 unspecified atom stereocenters. The lowest BCUT2D eigenvalue weighted by Crippen LogP contribution is -2.20. The number of amides is 2. The predicted octanol–water partition coefficient (Wildman–Crippen LogP) is 4.44. The van der Waals surface area contributed by atoms with Crippen molar-refractivity contribution in [1.29, 1.82) is 0 Å². The molecule has 0 fully saturated rings. The Kier molecular flexibility index (Phi) is 6.83. The van der Waals surface area contributed by atoms with Gasteiger partial charge in [-0.1, -0.05) is 13.3 Å². The third-order valence-electron chi connectivity index (χ3n) is 3.67. The van der Waals surface area contributed by atoms with E-state index in [1.165, 1.54) is 0 Å². The first kappa shape index (κ1) is 18.3. The van der Waals surface area contributed by atoms with Crippen LogP contribution in [-0.4, -0.2) is 11.0 Å². The standard InChI is InChI=1S/C19H25N5O/c1-3-4-5-15(20)12-22-16-6-8-17(9-7-16)23-19(25)24-18-13-21-11-10-14(18)2/h6-13,22H,3-5,20H2,1-2H3,(H2,23,24,25)/b15-12-. The Bertz CT molecular complexity index is 725. The zero-order chi connectivity index (χ0) is 18.1. The fraction of sp³-hybridized carbons (Fsp3) is 0.263. The van der Waals surface area contributed by atoms with Crippen LogP contribution in [-0.2, 0) is 0 Å². The second-order valence-electron chi connectivity index (χ2n) is 5.81. The first-order valence-corrected chi connectivity index (χ1v) is 8.38. The third kappa shape index (κ3) is 6.18. The van der Waals surface area contributed by atoms with E-state index in [0.717, 1.165) is 36.2 Å². The number of carbonyl (C=O) groups is 1. The first-order valence-electron chi connectivity index (χ1n) is 8.38. The molecule has 6 nitrogen and oxygen atoms in total. The highest BCUT2D eigenvalue weighted by atomic mass is 16.2. The van der Waals surface area contributed by atoms with E-state index in [1.807, 2.05) is 43.5 Å². The van der Waals surface area contributed by atoms with Crippen molar-refractivity contribution in [2.45, 2.75) is 33.1 Å². The van der Waals surface area contributed by atoms with E-state index >= 15 is 0 Å². The van der Waals surface area contributed by atoms with Gasteiger partial charge in [-0.15, -0.1) is 0 Å². The number of urea groups is 1. The molecule has 5 N–H and O–H groups in total. The minimum atomic E-state index is -0.305. The van der Waals surface area contributed by atoms with E-state index in [9.17, 15) is 4.79 Å². The van der Waals surface area contributed by atoms with Gasteiger partial charge in [0.05, 0.1) is 11.9 Å². The summed E-state index contributed by atoms with van der Waals surface area (Å²) in [5.74, 6) is 0. The number of allylic oxidation sites excluding steroid dienone is 1. The number of nitrogens with zero attached hydrogens (tertiary/aromatic N) is 1. The molecule has 1 aromatic heterocycles. The number of hydrogen-bond acceptors (Lipinski definition) is 4. The SMILES string of the molecule is CCCC/C(N)=C/Nc1ccc(NC(=O)Nc2cnccc2C)cc1. The molecular formula is C19H25N5O. The number of unbranched alkanes of at least 4 members (excludes halogenated alkanes) is 1. The lowest BCUT2D eigenvalue weighted by Gasteiger charge is -2.10. The number of anilines is 3. The minimum absolute atomic E-state index is 0.305. The maximum absolute atomic E-state index is 12.0. The van der Waals surface area contributed by atoms with Gasteiger partial charge < -0.3 is 21.7 Å². The first-order chi connectivity index (χ1) is 12.1. The molecule has 0 saturated carbocycles. The van der Waals surface area contributed by atoms with Gasteiger partial charge in [0.2, 0.25) is 0 Å². The van der Waals surface area contributed by atoms with Crippen LogP contribution in [0.4, 0.5) is 21.9 Å². The Hall–Kier alpha value is -3.02. The number of nitrogens with one attached hydrogen (secondary N) is 3. The van der Waals surface area contributed by atoms with Gasteiger partial charge in [-0.25, -0.2) is 4.79 Å². The molecule has 2 aromatic rings. The van der Waals surface area contributed by atoms with Gasteiger partial charge in [0.15, 0.2) is 0 Å². The second-order valence-corrected chi connectivity index (χ2v) is 5.81. The summed E-state index contributed by atoms with van der Waals surface area (Å²) in [5, 5.41) is 8.73. The van der Waals surface area contributed by atoms with Crippen molar-refractivity contribution < 1.29 is 4.79 Å². The van der Waals surface area contributed by atoms with Gasteiger partial charge in [-0.05, 0) is 55.7 Å². The lowest BCUT2D eigenvalue weighted by atomic mass is 10.2. The topological polar surface area (TPSA) is 92.1 Å². The predicted molar refractivity (Wildman–Crippen MR) is 103 cm³/mol. The lowest BCUT2D eigenvalue weighted by molar-refractivity contribution is 0.262. The molecule has 0 spiro atoms. The zero-order valence-electron chi connectivity index (χ0n) is 14.7. The van der Waals surface area contributed by atoms with E-state index < -0.39 is 0 Å². The molecule has 0 radical (unpaired) electrons. The highest BCUT2D eigenvalue weighted by molar-refractivity contribution is 6.00. The molecule has 1 aromatic carbocycles. The number of aryl methyl sites for hydroxylation is 1. The highest BCUT2D eigenvalue weighted by Crippen LogP contribution is 2.16. The second kappa shape index (κ2) is 9.32. The Morgan fingerprint density at radius 3 is 2.56 bits per heavy atom. The Morgan fingerprint density at radius 1 is 1.16 bits per heavy atom. The molecule has 2 amide bonds. The largest absolute Gasteiger partial charge is 0.401 e. The van der Waals surface area contributed by atoms with Crippen LogP contribution in [0.15, 0.2) is 54.6 Å². The zero-order valence-corrected chi connectivity index (χ0v) is 14.7. The molecule has 0 aliphatic rings. The minimum Gasteiger partial charge on any atom is -0.401 e. The summed E-state index contributed by atoms with van der Waals surface area (Å²) in [6.07, 6.45) is 8.21. The molecule has 1 heterocycles. The molecule has 0 atom stereocenters. The Morgan fingerprint density at radius 2 is 1.88 bits per heavy atom. The molecule has 0 aliphatic heterocycles. The maximum Gasteiger partial charge on any atom is 0.323 e. The number of benzene rings is 1. The average molecular weight is 339 g/mol. The number of aromatic nitrogens is 1. The molecule has 0 saturated heterocycles. The van der Waals surface area contributed by atoms with Crippen LogP contribution in [0.25, 0.3) is 0 Å². The van der Waals surface area contributed by atoms with Gasteiger partial charge in [-0.2, -0.15) is 0 Å². The number of hydrogen-bond donors (Lipinski definition) is 4. The van der Waals surface area contributed by atoms with Crippen LogP contribution >= 0.6 is 0 Å². The van der Waals surface area contributed by atoms with Gasteiger partial charge in [0.1, 0.15) is 0 Å². The van der Waals surface area contributed by atoms with E-state index in [-0.39, 0.29) is 6.03 Å². The van der Waals surface area contributed by atoms with Crippen molar-refractivity contribution in [2.24, 2.45) is 5.73 Å². The summed E-state index contributed by atoms with van der Waals surface area (Å²) in [6.45, 7) is 4.05. The molecule has 132 valence electrons. The fourth-order valence-corrected chi connectivity index (χ4v) is 2.16. The molecule has 0 aliphatic carbocycles. The summed E-state index contributed by atoms with van der Waals surface area (Å²) in [4.78, 5) is 16.0. The summed E-state index contributed by atoms with van der Waals surface area (Å²) >= 11 is 0. The van der Waals surface area contributed by atoms with Crippen LogP contribution in [0.1, 0.15) is 31.7 Å². The van der Waals surface area contributed by atoms with Crippen LogP contribution in [0.3, 0.4) is 0 Å². The Labute approximate surface area is 148 Å². The number of carbonyl (C=O) groups excluding carboxylic acids is 1. The van der Waals surface area contributed by atoms with Gasteiger partial charge in [0, 0.05) is 29.5 Å². The van der Waals surface area contributed by atoms with E-state index in [2.05, 4.69) is 27.9 Å². The van der Waals surface area contributed by atoms with Crippen molar-refractivity contribution in [3.05, 3.63) is 60.2 Å². The normalized spacial score (nSPS) is 11.0. The molecule has 25 heavy (non-hydrogen) atoms. The molecular weight excluding hydrogens is 314 g/mol. The number of nitrogens with two attached hydrogens (primary N) is 1. The Balaban J connectivity index is 1.87. The highest BCUT2D eigenvalue weighted by Gasteiger charge is 2.04. The number of pyridine rings is 1. The van der Waals surface area contributed by atoms with Crippen molar-refractivity contribution >= 4 is 23.1 Å². The molecule has 0 bridgehead atoms.